The molecule has 0 fully saturated rings. The van der Waals surface area contributed by atoms with E-state index in [1.807, 2.05) is 31.3 Å². The number of aryl methyl sites for hydroxylation is 2. The lowest BCUT2D eigenvalue weighted by Gasteiger charge is -2.15. The van der Waals surface area contributed by atoms with Gasteiger partial charge in [-0.1, -0.05) is 0 Å². The third-order valence-electron chi connectivity index (χ3n) is 2.91. The number of ether oxygens (including phenoxy) is 1. The van der Waals surface area contributed by atoms with Gasteiger partial charge in [0, 0.05) is 15.8 Å². The Morgan fingerprint density at radius 1 is 1.15 bits per heavy atom. The van der Waals surface area contributed by atoms with Gasteiger partial charge in [0.25, 0.3) is 0 Å². The summed E-state index contributed by atoms with van der Waals surface area (Å²) in [7, 11) is 0. The van der Waals surface area contributed by atoms with Crippen LogP contribution in [0, 0.1) is 13.8 Å². The largest absolute Gasteiger partial charge is 0.475 e. The lowest BCUT2D eigenvalue weighted by Crippen LogP contribution is -2.10. The Labute approximate surface area is 124 Å². The minimum absolute atomic E-state index is 0.108. The maximum absolute atomic E-state index is 5.58. The second-order valence-electron chi connectivity index (χ2n) is 5.14. The van der Waals surface area contributed by atoms with Gasteiger partial charge >= 0.3 is 0 Å². The average Bonchev–Trinajstić information content (AvgIpc) is 2.68. The van der Waals surface area contributed by atoms with Crippen LogP contribution in [0.5, 0.6) is 5.88 Å². The minimum Gasteiger partial charge on any atom is -0.475 e. The molecule has 1 atom stereocenters. The monoisotopic (exact) mass is 291 g/mol. The summed E-state index contributed by atoms with van der Waals surface area (Å²) in [5.74, 6) is 1.38. The molecule has 20 heavy (non-hydrogen) atoms. The van der Waals surface area contributed by atoms with E-state index in [1.54, 1.807) is 0 Å². The Bertz CT molecular complexity index is 580. The van der Waals surface area contributed by atoms with Crippen LogP contribution in [0.1, 0.15) is 42.1 Å². The predicted octanol–water partition coefficient (Wildman–Crippen LogP) is 4.12. The van der Waals surface area contributed by atoms with Crippen LogP contribution in [0.3, 0.4) is 0 Å². The Hall–Kier alpha value is -1.62. The van der Waals surface area contributed by atoms with Crippen LogP contribution < -0.4 is 10.1 Å². The minimum atomic E-state index is 0.108. The zero-order valence-electron chi connectivity index (χ0n) is 12.6. The number of thiophene rings is 1. The molecule has 0 saturated carbocycles. The summed E-state index contributed by atoms with van der Waals surface area (Å²) < 4.78 is 5.58. The molecule has 108 valence electrons. The molecule has 0 radical (unpaired) electrons. The molecule has 2 rings (SSSR count). The molecule has 2 aromatic rings. The van der Waals surface area contributed by atoms with Crippen LogP contribution in [-0.4, -0.2) is 16.1 Å². The van der Waals surface area contributed by atoms with Crippen molar-refractivity contribution < 1.29 is 4.74 Å². The van der Waals surface area contributed by atoms with Crippen molar-refractivity contribution in [2.75, 3.05) is 5.32 Å². The van der Waals surface area contributed by atoms with E-state index in [-0.39, 0.29) is 12.1 Å². The van der Waals surface area contributed by atoms with Crippen LogP contribution in [0.4, 0.5) is 5.82 Å². The van der Waals surface area contributed by atoms with Gasteiger partial charge in [-0.2, -0.15) is 0 Å². The van der Waals surface area contributed by atoms with E-state index in [2.05, 4.69) is 42.1 Å². The zero-order chi connectivity index (χ0) is 14.7. The molecular formula is C15H21N3OS. The smallest absolute Gasteiger partial charge is 0.218 e. The van der Waals surface area contributed by atoms with Gasteiger partial charge < -0.3 is 10.1 Å². The zero-order valence-corrected chi connectivity index (χ0v) is 13.4. The molecule has 0 saturated heterocycles. The fourth-order valence-corrected chi connectivity index (χ4v) is 3.13. The summed E-state index contributed by atoms with van der Waals surface area (Å²) in [4.78, 5) is 11.0. The van der Waals surface area contributed by atoms with Crippen molar-refractivity contribution in [1.82, 2.24) is 9.97 Å². The van der Waals surface area contributed by atoms with Crippen molar-refractivity contribution in [2.24, 2.45) is 0 Å². The van der Waals surface area contributed by atoms with Gasteiger partial charge in [-0.25, -0.2) is 9.97 Å². The number of nitrogens with one attached hydrogen (secondary N) is 1. The highest BCUT2D eigenvalue weighted by molar-refractivity contribution is 7.12. The van der Waals surface area contributed by atoms with Crippen LogP contribution in [0.25, 0.3) is 0 Å². The van der Waals surface area contributed by atoms with E-state index in [9.17, 15) is 0 Å². The SMILES string of the molecule is Cc1cc(C(C)Nc2cc(OC(C)C)ncn2)c(C)s1. The Balaban J connectivity index is 2.11. The highest BCUT2D eigenvalue weighted by atomic mass is 32.1. The van der Waals surface area contributed by atoms with Gasteiger partial charge in [0.2, 0.25) is 5.88 Å². The normalized spacial score (nSPS) is 12.5. The molecule has 0 aliphatic heterocycles. The highest BCUT2D eigenvalue weighted by Crippen LogP contribution is 2.28. The predicted molar refractivity (Wildman–Crippen MR) is 83.6 cm³/mol. The molecule has 1 unspecified atom stereocenters. The molecule has 0 aromatic carbocycles. The molecule has 0 aliphatic carbocycles. The first-order valence-corrected chi connectivity index (χ1v) is 7.59. The first-order chi connectivity index (χ1) is 9.45. The molecular weight excluding hydrogens is 270 g/mol. The van der Waals surface area contributed by atoms with E-state index in [0.717, 1.165) is 5.82 Å². The summed E-state index contributed by atoms with van der Waals surface area (Å²) in [5.41, 5.74) is 1.32. The maximum atomic E-state index is 5.58. The molecule has 2 heterocycles. The van der Waals surface area contributed by atoms with Gasteiger partial charge in [0.1, 0.15) is 12.1 Å². The molecule has 5 heteroatoms. The van der Waals surface area contributed by atoms with Gasteiger partial charge in [0.05, 0.1) is 12.1 Å². The fraction of sp³-hybridized carbons (Fsp3) is 0.467. The maximum Gasteiger partial charge on any atom is 0.218 e. The molecule has 1 N–H and O–H groups in total. The number of aromatic nitrogens is 2. The summed E-state index contributed by atoms with van der Waals surface area (Å²) in [6, 6.07) is 4.27. The van der Waals surface area contributed by atoms with Gasteiger partial charge in [-0.3, -0.25) is 0 Å². The molecule has 0 spiro atoms. The lowest BCUT2D eigenvalue weighted by molar-refractivity contribution is 0.232. The first-order valence-electron chi connectivity index (χ1n) is 6.78. The number of anilines is 1. The quantitative estimate of drug-likeness (QED) is 0.900. The molecule has 0 bridgehead atoms. The third kappa shape index (κ3) is 3.70. The number of hydrogen-bond donors (Lipinski definition) is 1. The number of hydrogen-bond acceptors (Lipinski definition) is 5. The van der Waals surface area contributed by atoms with Gasteiger partial charge in [0.15, 0.2) is 0 Å². The summed E-state index contributed by atoms with van der Waals surface area (Å²) in [6.45, 7) is 10.4. The van der Waals surface area contributed by atoms with Crippen LogP contribution in [0.15, 0.2) is 18.5 Å². The Kier molecular flexibility index (Phi) is 4.60. The van der Waals surface area contributed by atoms with Crippen molar-refractivity contribution in [1.29, 1.82) is 0 Å². The summed E-state index contributed by atoms with van der Waals surface area (Å²) >= 11 is 1.82. The van der Waals surface area contributed by atoms with E-state index < -0.39 is 0 Å². The molecule has 4 nitrogen and oxygen atoms in total. The summed E-state index contributed by atoms with van der Waals surface area (Å²) in [5, 5.41) is 3.40. The highest BCUT2D eigenvalue weighted by Gasteiger charge is 2.12. The number of nitrogens with zero attached hydrogens (tertiary/aromatic N) is 2. The van der Waals surface area contributed by atoms with Gasteiger partial charge in [-0.15, -0.1) is 11.3 Å². The average molecular weight is 291 g/mol. The van der Waals surface area contributed by atoms with Crippen LogP contribution in [0.2, 0.25) is 0 Å². The van der Waals surface area contributed by atoms with Crippen molar-refractivity contribution in [2.45, 2.75) is 46.8 Å². The molecule has 0 amide bonds. The van der Waals surface area contributed by atoms with Crippen LogP contribution >= 0.6 is 11.3 Å². The standard InChI is InChI=1S/C15H21N3OS/c1-9(2)19-15-7-14(16-8-17-15)18-11(4)13-6-10(3)20-12(13)5/h6-9,11H,1-5H3,(H,16,17,18). The second kappa shape index (κ2) is 6.22. The Morgan fingerprint density at radius 3 is 2.50 bits per heavy atom. The second-order valence-corrected chi connectivity index (χ2v) is 6.60. The van der Waals surface area contributed by atoms with E-state index in [0.29, 0.717) is 5.88 Å². The van der Waals surface area contributed by atoms with Crippen LogP contribution in [-0.2, 0) is 0 Å². The lowest BCUT2D eigenvalue weighted by atomic mass is 10.1. The number of rotatable bonds is 5. The summed E-state index contributed by atoms with van der Waals surface area (Å²) in [6.07, 6.45) is 1.63. The van der Waals surface area contributed by atoms with E-state index >= 15 is 0 Å². The van der Waals surface area contributed by atoms with Crippen molar-refractivity contribution in [3.05, 3.63) is 33.8 Å². The van der Waals surface area contributed by atoms with Gasteiger partial charge in [-0.05, 0) is 46.2 Å². The van der Waals surface area contributed by atoms with Crippen molar-refractivity contribution >= 4 is 17.2 Å². The van der Waals surface area contributed by atoms with Crippen molar-refractivity contribution in [3.8, 4) is 5.88 Å². The topological polar surface area (TPSA) is 47.0 Å². The van der Waals surface area contributed by atoms with Crippen molar-refractivity contribution in [3.63, 3.8) is 0 Å². The first kappa shape index (κ1) is 14.8. The third-order valence-corrected chi connectivity index (χ3v) is 3.89. The Morgan fingerprint density at radius 2 is 1.90 bits per heavy atom. The molecule has 0 aliphatic rings. The van der Waals surface area contributed by atoms with E-state index in [1.165, 1.54) is 21.6 Å². The molecule has 2 aromatic heterocycles. The fourth-order valence-electron chi connectivity index (χ4n) is 2.10. The van der Waals surface area contributed by atoms with E-state index in [4.69, 9.17) is 4.74 Å².